The van der Waals surface area contributed by atoms with E-state index in [9.17, 15) is 4.79 Å². The van der Waals surface area contributed by atoms with Gasteiger partial charge in [0.15, 0.2) is 0 Å². The highest BCUT2D eigenvalue weighted by atomic mass is 16.5. The zero-order valence-electron chi connectivity index (χ0n) is 18.9. The second-order valence-corrected chi connectivity index (χ2v) is 9.46. The van der Waals surface area contributed by atoms with Crippen LogP contribution in [0, 0.1) is 0 Å². The van der Waals surface area contributed by atoms with Crippen LogP contribution in [0.25, 0.3) is 0 Å². The van der Waals surface area contributed by atoms with Crippen LogP contribution in [0.15, 0.2) is 53.5 Å². The van der Waals surface area contributed by atoms with E-state index in [0.29, 0.717) is 13.0 Å². The van der Waals surface area contributed by atoms with Crippen molar-refractivity contribution in [2.24, 2.45) is 4.99 Å². The van der Waals surface area contributed by atoms with Crippen molar-refractivity contribution < 1.29 is 9.53 Å². The Labute approximate surface area is 184 Å². The molecular weight excluding hydrogens is 388 g/mol. The third kappa shape index (κ3) is 4.68. The van der Waals surface area contributed by atoms with E-state index in [2.05, 4.69) is 43.5 Å². The Morgan fingerprint density at radius 1 is 1.16 bits per heavy atom. The van der Waals surface area contributed by atoms with Gasteiger partial charge in [0.2, 0.25) is 5.91 Å². The molecule has 2 aliphatic rings. The summed E-state index contributed by atoms with van der Waals surface area (Å²) in [5.41, 5.74) is 2.40. The van der Waals surface area contributed by atoms with E-state index in [0.717, 1.165) is 47.9 Å². The largest absolute Gasteiger partial charge is 0.497 e. The van der Waals surface area contributed by atoms with Gasteiger partial charge in [0.1, 0.15) is 17.1 Å². The van der Waals surface area contributed by atoms with Crippen LogP contribution >= 0.6 is 0 Å². The van der Waals surface area contributed by atoms with E-state index in [-0.39, 0.29) is 11.4 Å². The molecule has 2 aliphatic heterocycles. The SMILES string of the molecule is COc1cccc(CC(=O)N2CCC[C@@]3(C2)Nc2ccccc2NC3=NC(C)(C)C)c1. The van der Waals surface area contributed by atoms with E-state index < -0.39 is 5.54 Å². The quantitative estimate of drug-likeness (QED) is 0.776. The number of fused-ring (bicyclic) bond motifs is 1. The van der Waals surface area contributed by atoms with Crippen molar-refractivity contribution >= 4 is 23.1 Å². The Morgan fingerprint density at radius 3 is 2.68 bits per heavy atom. The minimum absolute atomic E-state index is 0.128. The smallest absolute Gasteiger partial charge is 0.227 e. The minimum Gasteiger partial charge on any atom is -0.497 e. The molecule has 0 aromatic heterocycles. The standard InChI is InChI=1S/C25H32N4O2/c1-24(2,3)28-23-25(27-21-12-6-5-11-20(21)26-23)13-8-14-29(17-25)22(30)16-18-9-7-10-19(15-18)31-4/h5-7,9-12,15,27H,8,13-14,16-17H2,1-4H3,(H,26,28)/t25-/m0/s1. The Hall–Kier alpha value is -3.02. The van der Waals surface area contributed by atoms with Crippen molar-refractivity contribution in [1.82, 2.24) is 4.90 Å². The summed E-state index contributed by atoms with van der Waals surface area (Å²) in [7, 11) is 1.64. The average Bonchev–Trinajstić information content (AvgIpc) is 2.73. The first-order valence-electron chi connectivity index (χ1n) is 10.9. The molecule has 0 saturated carbocycles. The molecule has 0 aliphatic carbocycles. The molecule has 164 valence electrons. The fraction of sp³-hybridized carbons (Fsp3) is 0.440. The number of ether oxygens (including phenoxy) is 1. The zero-order chi connectivity index (χ0) is 22.1. The number of nitrogens with one attached hydrogen (secondary N) is 2. The summed E-state index contributed by atoms with van der Waals surface area (Å²) >= 11 is 0. The number of amidine groups is 1. The van der Waals surface area contributed by atoms with Crippen LogP contribution in [0.3, 0.4) is 0 Å². The lowest BCUT2D eigenvalue weighted by Crippen LogP contribution is -2.63. The normalized spacial score (nSPS) is 21.9. The van der Waals surface area contributed by atoms with Crippen LogP contribution in [0.5, 0.6) is 5.75 Å². The van der Waals surface area contributed by atoms with Gasteiger partial charge in [0.25, 0.3) is 0 Å². The number of carbonyl (C=O) groups excluding carboxylic acids is 1. The Balaban J connectivity index is 1.60. The van der Waals surface area contributed by atoms with Gasteiger partial charge >= 0.3 is 0 Å². The van der Waals surface area contributed by atoms with E-state index in [1.165, 1.54) is 0 Å². The first kappa shape index (κ1) is 21.2. The van der Waals surface area contributed by atoms with Crippen LogP contribution in [0.1, 0.15) is 39.2 Å². The number of hydrogen-bond donors (Lipinski definition) is 2. The molecule has 0 radical (unpaired) electrons. The Bertz CT molecular complexity index is 995. The first-order chi connectivity index (χ1) is 14.8. The monoisotopic (exact) mass is 420 g/mol. The molecule has 0 unspecified atom stereocenters. The second-order valence-electron chi connectivity index (χ2n) is 9.46. The lowest BCUT2D eigenvalue weighted by molar-refractivity contribution is -0.131. The summed E-state index contributed by atoms with van der Waals surface area (Å²) in [6.07, 6.45) is 2.21. The number of carbonyl (C=O) groups is 1. The number of piperidine rings is 1. The molecule has 1 saturated heterocycles. The highest BCUT2D eigenvalue weighted by Crippen LogP contribution is 2.37. The molecule has 1 atom stereocenters. The molecule has 1 amide bonds. The molecular formula is C25H32N4O2. The fourth-order valence-corrected chi connectivity index (χ4v) is 4.37. The van der Waals surface area contributed by atoms with Gasteiger partial charge in [0.05, 0.1) is 37.0 Å². The number of aliphatic imine (C=N–C) groups is 1. The molecule has 1 fully saturated rings. The number of rotatable bonds is 3. The molecule has 6 nitrogen and oxygen atoms in total. The molecule has 2 N–H and O–H groups in total. The average molecular weight is 421 g/mol. The van der Waals surface area contributed by atoms with Gasteiger partial charge in [-0.3, -0.25) is 9.79 Å². The summed E-state index contributed by atoms with van der Waals surface area (Å²) in [5.74, 6) is 1.82. The van der Waals surface area contributed by atoms with E-state index in [4.69, 9.17) is 9.73 Å². The fourth-order valence-electron chi connectivity index (χ4n) is 4.37. The second kappa shape index (κ2) is 8.25. The zero-order valence-corrected chi connectivity index (χ0v) is 18.9. The highest BCUT2D eigenvalue weighted by Gasteiger charge is 2.45. The number of likely N-dealkylation sites (tertiary alicyclic amines) is 1. The van der Waals surface area contributed by atoms with Crippen LogP contribution in [-0.2, 0) is 11.2 Å². The van der Waals surface area contributed by atoms with E-state index in [1.807, 2.05) is 41.3 Å². The number of hydrogen-bond acceptors (Lipinski definition) is 4. The Kier molecular flexibility index (Phi) is 5.65. The van der Waals surface area contributed by atoms with Gasteiger partial charge in [-0.2, -0.15) is 0 Å². The molecule has 6 heteroatoms. The van der Waals surface area contributed by atoms with Gasteiger partial charge < -0.3 is 20.3 Å². The third-order valence-electron chi connectivity index (χ3n) is 5.79. The maximum atomic E-state index is 13.2. The number of para-hydroxylation sites is 2. The molecule has 0 bridgehead atoms. The number of nitrogens with zero attached hydrogens (tertiary/aromatic N) is 2. The maximum Gasteiger partial charge on any atom is 0.227 e. The number of anilines is 2. The summed E-state index contributed by atoms with van der Waals surface area (Å²) in [6, 6.07) is 15.9. The molecule has 4 rings (SSSR count). The lowest BCUT2D eigenvalue weighted by atomic mass is 9.84. The van der Waals surface area contributed by atoms with Gasteiger partial charge in [0, 0.05) is 6.54 Å². The third-order valence-corrected chi connectivity index (χ3v) is 5.79. The number of amides is 1. The van der Waals surface area contributed by atoms with Crippen molar-refractivity contribution in [2.75, 3.05) is 30.8 Å². The molecule has 1 spiro atoms. The maximum absolute atomic E-state index is 13.2. The van der Waals surface area contributed by atoms with Crippen LogP contribution < -0.4 is 15.4 Å². The van der Waals surface area contributed by atoms with Gasteiger partial charge in [-0.25, -0.2) is 0 Å². The van der Waals surface area contributed by atoms with Crippen molar-refractivity contribution in [1.29, 1.82) is 0 Å². The van der Waals surface area contributed by atoms with Crippen LogP contribution in [-0.4, -0.2) is 47.9 Å². The summed E-state index contributed by atoms with van der Waals surface area (Å²) in [5, 5.41) is 7.32. The van der Waals surface area contributed by atoms with Gasteiger partial charge in [-0.1, -0.05) is 24.3 Å². The summed E-state index contributed by atoms with van der Waals surface area (Å²) in [4.78, 5) is 20.2. The summed E-state index contributed by atoms with van der Waals surface area (Å²) < 4.78 is 5.31. The van der Waals surface area contributed by atoms with E-state index in [1.54, 1.807) is 7.11 Å². The highest BCUT2D eigenvalue weighted by molar-refractivity contribution is 6.10. The molecule has 31 heavy (non-hydrogen) atoms. The van der Waals surface area contributed by atoms with Gasteiger partial charge in [-0.05, 0) is 63.4 Å². The Morgan fingerprint density at radius 2 is 1.94 bits per heavy atom. The van der Waals surface area contributed by atoms with Crippen LogP contribution in [0.2, 0.25) is 0 Å². The lowest BCUT2D eigenvalue weighted by Gasteiger charge is -2.48. The van der Waals surface area contributed by atoms with Crippen molar-refractivity contribution in [3.63, 3.8) is 0 Å². The predicted molar refractivity (Wildman–Crippen MR) is 126 cm³/mol. The minimum atomic E-state index is -0.413. The summed E-state index contributed by atoms with van der Waals surface area (Å²) in [6.45, 7) is 7.65. The van der Waals surface area contributed by atoms with E-state index >= 15 is 0 Å². The van der Waals surface area contributed by atoms with Crippen LogP contribution in [0.4, 0.5) is 11.4 Å². The van der Waals surface area contributed by atoms with Gasteiger partial charge in [-0.15, -0.1) is 0 Å². The molecule has 2 aromatic carbocycles. The number of benzene rings is 2. The topological polar surface area (TPSA) is 66.0 Å². The number of methoxy groups -OCH3 is 1. The van der Waals surface area contributed by atoms with Crippen molar-refractivity contribution in [3.05, 3.63) is 54.1 Å². The van der Waals surface area contributed by atoms with Crippen molar-refractivity contribution in [2.45, 2.75) is 51.1 Å². The predicted octanol–water partition coefficient (Wildman–Crippen LogP) is 4.33. The van der Waals surface area contributed by atoms with Crippen molar-refractivity contribution in [3.8, 4) is 5.75 Å². The molecule has 2 heterocycles. The first-order valence-corrected chi connectivity index (χ1v) is 10.9. The molecule has 2 aromatic rings.